The summed E-state index contributed by atoms with van der Waals surface area (Å²) < 4.78 is 7.20. The van der Waals surface area contributed by atoms with E-state index in [1.165, 1.54) is 12.8 Å². The molecule has 1 aromatic carbocycles. The Balaban J connectivity index is 1.63. The van der Waals surface area contributed by atoms with Gasteiger partial charge in [0.1, 0.15) is 5.75 Å². The Bertz CT molecular complexity index is 1160. The molecule has 4 rings (SSSR count). The molecule has 1 aliphatic rings. The van der Waals surface area contributed by atoms with Crippen LogP contribution in [0.2, 0.25) is 5.02 Å². The molecule has 1 saturated carbocycles. The third-order valence-electron chi connectivity index (χ3n) is 6.42. The van der Waals surface area contributed by atoms with Gasteiger partial charge in [0.25, 0.3) is 0 Å². The minimum Gasteiger partial charge on any atom is -0.495 e. The number of carbonyl (C=O) groups excluding carboxylic acids is 1. The summed E-state index contributed by atoms with van der Waals surface area (Å²) in [5.74, 6) is 2.13. The first kappa shape index (κ1) is 24.9. The second-order valence-corrected chi connectivity index (χ2v) is 9.11. The Morgan fingerprint density at radius 3 is 2.66 bits per heavy atom. The average molecular weight is 494 g/mol. The quantitative estimate of drug-likeness (QED) is 0.334. The number of aromatic nitrogens is 4. The highest BCUT2D eigenvalue weighted by atomic mass is 35.5. The van der Waals surface area contributed by atoms with Gasteiger partial charge in [0, 0.05) is 42.5 Å². The molecule has 0 spiro atoms. The summed E-state index contributed by atoms with van der Waals surface area (Å²) >= 11 is 6.42. The summed E-state index contributed by atoms with van der Waals surface area (Å²) in [7, 11) is 1.59. The molecule has 7 nitrogen and oxygen atoms in total. The van der Waals surface area contributed by atoms with E-state index in [1.807, 2.05) is 48.0 Å². The number of benzene rings is 1. The van der Waals surface area contributed by atoms with Gasteiger partial charge in [0.05, 0.1) is 18.7 Å². The number of amides is 1. The fraction of sp³-hybridized carbons (Fsp3) is 0.407. The van der Waals surface area contributed by atoms with E-state index in [0.29, 0.717) is 48.0 Å². The first-order valence-electron chi connectivity index (χ1n) is 12.2. The van der Waals surface area contributed by atoms with Crippen molar-refractivity contribution in [1.29, 1.82) is 0 Å². The molecule has 8 heteroatoms. The number of allylic oxidation sites excluding steroid dienone is 2. The highest BCUT2D eigenvalue weighted by Crippen LogP contribution is 2.31. The van der Waals surface area contributed by atoms with E-state index in [2.05, 4.69) is 16.0 Å². The standard InChI is InChI=1S/C27H32ClN5O2/c1-3-4-5-10-25(34)32(22-8-6-7-9-22)17-18-33-27(21-11-12-24(35-2)23(28)19-21)30-26(31-33)20-13-15-29-16-14-20/h3-4,11-16,19,22H,5-10,17-18H2,1-2H3. The molecule has 3 aromatic rings. The van der Waals surface area contributed by atoms with Gasteiger partial charge in [0.15, 0.2) is 11.6 Å². The predicted molar refractivity (Wildman–Crippen MR) is 138 cm³/mol. The monoisotopic (exact) mass is 493 g/mol. The molecule has 0 N–H and O–H groups in total. The maximum atomic E-state index is 13.1. The molecule has 0 aliphatic heterocycles. The second kappa shape index (κ2) is 12.0. The SMILES string of the molecule is CC=CCCC(=O)N(CCn1nc(-c2ccncc2)nc1-c1ccc(OC)c(Cl)c1)C1CCCC1. The van der Waals surface area contributed by atoms with Gasteiger partial charge in [-0.15, -0.1) is 0 Å². The highest BCUT2D eigenvalue weighted by molar-refractivity contribution is 6.32. The molecule has 0 unspecified atom stereocenters. The van der Waals surface area contributed by atoms with Crippen molar-refractivity contribution in [1.82, 2.24) is 24.6 Å². The number of hydrogen-bond donors (Lipinski definition) is 0. The van der Waals surface area contributed by atoms with E-state index < -0.39 is 0 Å². The van der Waals surface area contributed by atoms with Crippen LogP contribution >= 0.6 is 11.6 Å². The Kier molecular flexibility index (Phi) is 8.53. The molecule has 0 atom stereocenters. The molecule has 184 valence electrons. The van der Waals surface area contributed by atoms with Gasteiger partial charge in [-0.05, 0) is 56.5 Å². The Hall–Kier alpha value is -3.19. The van der Waals surface area contributed by atoms with Gasteiger partial charge in [-0.25, -0.2) is 9.67 Å². The molecule has 0 bridgehead atoms. The highest BCUT2D eigenvalue weighted by Gasteiger charge is 2.26. The first-order chi connectivity index (χ1) is 17.1. The summed E-state index contributed by atoms with van der Waals surface area (Å²) in [5.41, 5.74) is 1.73. The third-order valence-corrected chi connectivity index (χ3v) is 6.71. The topological polar surface area (TPSA) is 73.1 Å². The van der Waals surface area contributed by atoms with Crippen LogP contribution in [0, 0.1) is 0 Å². The van der Waals surface area contributed by atoms with E-state index in [-0.39, 0.29) is 5.91 Å². The number of pyridine rings is 1. The van der Waals surface area contributed by atoms with Gasteiger partial charge in [-0.3, -0.25) is 9.78 Å². The van der Waals surface area contributed by atoms with Gasteiger partial charge in [0.2, 0.25) is 5.91 Å². The Morgan fingerprint density at radius 2 is 1.97 bits per heavy atom. The molecule has 2 heterocycles. The van der Waals surface area contributed by atoms with Crippen LogP contribution in [0.15, 0.2) is 54.9 Å². The van der Waals surface area contributed by atoms with Crippen LogP contribution in [-0.2, 0) is 11.3 Å². The van der Waals surface area contributed by atoms with Crippen molar-refractivity contribution in [3.63, 3.8) is 0 Å². The summed E-state index contributed by atoms with van der Waals surface area (Å²) in [4.78, 5) is 24.1. The van der Waals surface area contributed by atoms with E-state index in [9.17, 15) is 4.79 Å². The fourth-order valence-electron chi connectivity index (χ4n) is 4.59. The number of nitrogens with zero attached hydrogens (tertiary/aromatic N) is 5. The summed E-state index contributed by atoms with van der Waals surface area (Å²) in [6, 6.07) is 9.68. The number of methoxy groups -OCH3 is 1. The molecular weight excluding hydrogens is 462 g/mol. The lowest BCUT2D eigenvalue weighted by molar-refractivity contribution is -0.133. The largest absolute Gasteiger partial charge is 0.495 e. The van der Waals surface area contributed by atoms with E-state index in [4.69, 9.17) is 26.4 Å². The molecule has 0 saturated heterocycles. The third kappa shape index (κ3) is 6.09. The molecule has 35 heavy (non-hydrogen) atoms. The molecule has 0 radical (unpaired) electrons. The van der Waals surface area contributed by atoms with Crippen LogP contribution in [-0.4, -0.2) is 50.3 Å². The minimum atomic E-state index is 0.207. The van der Waals surface area contributed by atoms with Gasteiger partial charge in [-0.1, -0.05) is 36.6 Å². The molecule has 1 amide bonds. The molecular formula is C27H32ClN5O2. The zero-order chi connectivity index (χ0) is 24.6. The minimum absolute atomic E-state index is 0.207. The lowest BCUT2D eigenvalue weighted by Gasteiger charge is -2.29. The van der Waals surface area contributed by atoms with Crippen LogP contribution in [0.1, 0.15) is 45.4 Å². The predicted octanol–water partition coefficient (Wildman–Crippen LogP) is 5.80. The summed E-state index contributed by atoms with van der Waals surface area (Å²) in [5, 5.41) is 5.33. The normalized spacial score (nSPS) is 14.0. The first-order valence-corrected chi connectivity index (χ1v) is 12.6. The number of carbonyl (C=O) groups is 1. The van der Waals surface area contributed by atoms with Crippen LogP contribution in [0.3, 0.4) is 0 Å². The lowest BCUT2D eigenvalue weighted by Crippen LogP contribution is -2.41. The van der Waals surface area contributed by atoms with Crippen LogP contribution in [0.5, 0.6) is 5.75 Å². The van der Waals surface area contributed by atoms with Crippen LogP contribution < -0.4 is 4.74 Å². The van der Waals surface area contributed by atoms with E-state index >= 15 is 0 Å². The maximum Gasteiger partial charge on any atom is 0.223 e. The summed E-state index contributed by atoms with van der Waals surface area (Å²) in [6.45, 7) is 3.12. The average Bonchev–Trinajstić information content (AvgIpc) is 3.56. The van der Waals surface area contributed by atoms with Crippen molar-refractivity contribution >= 4 is 17.5 Å². The zero-order valence-corrected chi connectivity index (χ0v) is 21.1. The van der Waals surface area contributed by atoms with E-state index in [0.717, 1.165) is 30.4 Å². The fourth-order valence-corrected chi connectivity index (χ4v) is 4.84. The lowest BCUT2D eigenvalue weighted by atomic mass is 10.1. The van der Waals surface area contributed by atoms with Crippen molar-refractivity contribution in [2.24, 2.45) is 0 Å². The second-order valence-electron chi connectivity index (χ2n) is 8.70. The number of halogens is 1. The smallest absolute Gasteiger partial charge is 0.223 e. The Labute approximate surface area is 211 Å². The van der Waals surface area contributed by atoms with Crippen molar-refractivity contribution in [3.05, 3.63) is 59.9 Å². The van der Waals surface area contributed by atoms with Crippen LogP contribution in [0.4, 0.5) is 0 Å². The van der Waals surface area contributed by atoms with Crippen molar-refractivity contribution in [2.75, 3.05) is 13.7 Å². The maximum absolute atomic E-state index is 13.1. The number of ether oxygens (including phenoxy) is 1. The summed E-state index contributed by atoms with van der Waals surface area (Å²) in [6.07, 6.45) is 13.3. The molecule has 1 fully saturated rings. The van der Waals surface area contributed by atoms with Crippen molar-refractivity contribution < 1.29 is 9.53 Å². The number of hydrogen-bond acceptors (Lipinski definition) is 5. The molecule has 2 aromatic heterocycles. The van der Waals surface area contributed by atoms with E-state index in [1.54, 1.807) is 19.5 Å². The van der Waals surface area contributed by atoms with Gasteiger partial charge < -0.3 is 9.64 Å². The van der Waals surface area contributed by atoms with Gasteiger partial charge >= 0.3 is 0 Å². The molecule has 1 aliphatic carbocycles. The van der Waals surface area contributed by atoms with Crippen LogP contribution in [0.25, 0.3) is 22.8 Å². The van der Waals surface area contributed by atoms with Crippen molar-refractivity contribution in [2.45, 2.75) is 58.0 Å². The van der Waals surface area contributed by atoms with Gasteiger partial charge in [-0.2, -0.15) is 5.10 Å². The van der Waals surface area contributed by atoms with Crippen molar-refractivity contribution in [3.8, 4) is 28.5 Å². The zero-order valence-electron chi connectivity index (χ0n) is 20.4. The Morgan fingerprint density at radius 1 is 1.20 bits per heavy atom. The number of rotatable bonds is 10.